The molecule has 0 N–H and O–H groups in total. The average Bonchev–Trinajstić information content (AvgIpc) is 2.74. The van der Waals surface area contributed by atoms with Gasteiger partial charge in [-0.3, -0.25) is 4.79 Å². The molecule has 1 aliphatic carbocycles. The van der Waals surface area contributed by atoms with Crippen molar-refractivity contribution in [3.8, 4) is 11.8 Å². The predicted octanol–water partition coefficient (Wildman–Crippen LogP) is 2.57. The van der Waals surface area contributed by atoms with E-state index < -0.39 is 0 Å². The molecule has 102 valence electrons. The van der Waals surface area contributed by atoms with Crippen molar-refractivity contribution in [3.63, 3.8) is 0 Å². The smallest absolute Gasteiger partial charge is 0.247 e. The lowest BCUT2D eigenvalue weighted by Gasteiger charge is -2.08. The predicted molar refractivity (Wildman–Crippen MR) is 70.6 cm³/mol. The number of aromatic nitrogens is 2. The van der Waals surface area contributed by atoms with E-state index in [1.54, 1.807) is 0 Å². The quantitative estimate of drug-likeness (QED) is 0.780. The van der Waals surface area contributed by atoms with E-state index in [0.29, 0.717) is 5.88 Å². The van der Waals surface area contributed by atoms with E-state index in [2.05, 4.69) is 9.97 Å². The number of nitrogens with zero attached hydrogens (tertiary/aromatic N) is 2. The third-order valence-electron chi connectivity index (χ3n) is 3.17. The molecule has 19 heavy (non-hydrogen) atoms. The number of hydrogen-bond donors (Lipinski definition) is 0. The fourth-order valence-corrected chi connectivity index (χ4v) is 2.13. The van der Waals surface area contributed by atoms with Crippen molar-refractivity contribution in [1.82, 2.24) is 9.97 Å². The Kier molecular flexibility index (Phi) is 4.49. The maximum Gasteiger partial charge on any atom is 0.247 e. The Bertz CT molecular complexity index is 497. The van der Waals surface area contributed by atoms with E-state index in [0.717, 1.165) is 31.3 Å². The molecule has 2 rings (SSSR count). The largest absolute Gasteiger partial charge is 0.480 e. The molecular formula is C14H18N2O3. The summed E-state index contributed by atoms with van der Waals surface area (Å²) < 4.78 is 10.1. The van der Waals surface area contributed by atoms with Gasteiger partial charge in [-0.2, -0.15) is 4.98 Å². The van der Waals surface area contributed by atoms with Crippen molar-refractivity contribution in [3.05, 3.63) is 23.5 Å². The molecule has 0 saturated heterocycles. The molecular weight excluding hydrogens is 244 g/mol. The van der Waals surface area contributed by atoms with E-state index in [4.69, 9.17) is 9.47 Å². The molecule has 5 heteroatoms. The molecule has 0 fully saturated rings. The summed E-state index contributed by atoms with van der Waals surface area (Å²) in [6.07, 6.45) is 8.56. The summed E-state index contributed by atoms with van der Waals surface area (Å²) in [6.45, 7) is 0. The number of carbonyl (C=O) groups excluding carboxylic acids is 1. The summed E-state index contributed by atoms with van der Waals surface area (Å²) in [5, 5.41) is 0. The second-order valence-electron chi connectivity index (χ2n) is 4.43. The maximum absolute atomic E-state index is 12.4. The maximum atomic E-state index is 12.4. The molecule has 1 aromatic heterocycles. The van der Waals surface area contributed by atoms with Crippen LogP contribution in [0.25, 0.3) is 0 Å². The Morgan fingerprint density at radius 3 is 2.79 bits per heavy atom. The minimum atomic E-state index is -0.0890. The molecule has 1 heterocycles. The van der Waals surface area contributed by atoms with Crippen LogP contribution in [0.3, 0.4) is 0 Å². The summed E-state index contributed by atoms with van der Waals surface area (Å²) in [7, 11) is 2.97. The van der Waals surface area contributed by atoms with Crippen molar-refractivity contribution in [2.75, 3.05) is 14.2 Å². The topological polar surface area (TPSA) is 61.3 Å². The van der Waals surface area contributed by atoms with Gasteiger partial charge >= 0.3 is 0 Å². The molecule has 0 aliphatic heterocycles. The van der Waals surface area contributed by atoms with Gasteiger partial charge < -0.3 is 9.47 Å². The molecule has 0 radical (unpaired) electrons. The standard InChI is InChI=1S/C14H18N2O3/c1-18-11-9-15-12(14(16-11)19-2)13(17)10-7-5-3-4-6-8-10/h7,9H,3-6,8H2,1-2H3. The second-order valence-corrected chi connectivity index (χ2v) is 4.43. The molecule has 1 aromatic rings. The zero-order valence-electron chi connectivity index (χ0n) is 11.3. The third kappa shape index (κ3) is 3.10. The number of methoxy groups -OCH3 is 2. The van der Waals surface area contributed by atoms with E-state index in [9.17, 15) is 4.79 Å². The van der Waals surface area contributed by atoms with Crippen LogP contribution >= 0.6 is 0 Å². The van der Waals surface area contributed by atoms with Gasteiger partial charge in [0.25, 0.3) is 0 Å². The summed E-state index contributed by atoms with van der Waals surface area (Å²) >= 11 is 0. The van der Waals surface area contributed by atoms with Gasteiger partial charge in [0.2, 0.25) is 17.5 Å². The summed E-state index contributed by atoms with van der Waals surface area (Å²) in [6, 6.07) is 0. The Labute approximate surface area is 112 Å². The van der Waals surface area contributed by atoms with E-state index in [-0.39, 0.29) is 17.4 Å². The minimum absolute atomic E-state index is 0.0890. The van der Waals surface area contributed by atoms with Gasteiger partial charge in [0.1, 0.15) is 0 Å². The van der Waals surface area contributed by atoms with Crippen LogP contribution in [0.1, 0.15) is 42.6 Å². The molecule has 0 aromatic carbocycles. The van der Waals surface area contributed by atoms with Crippen molar-refractivity contribution in [2.24, 2.45) is 0 Å². The Hall–Kier alpha value is -1.91. The summed E-state index contributed by atoms with van der Waals surface area (Å²) in [5.41, 5.74) is 1.08. The summed E-state index contributed by atoms with van der Waals surface area (Å²) in [4.78, 5) is 20.7. The minimum Gasteiger partial charge on any atom is -0.480 e. The Balaban J connectivity index is 2.29. The Morgan fingerprint density at radius 2 is 2.05 bits per heavy atom. The number of ether oxygens (including phenoxy) is 2. The highest BCUT2D eigenvalue weighted by Gasteiger charge is 2.21. The van der Waals surface area contributed by atoms with Crippen LogP contribution in [-0.2, 0) is 0 Å². The third-order valence-corrected chi connectivity index (χ3v) is 3.17. The molecule has 0 atom stereocenters. The number of carbonyl (C=O) groups is 1. The van der Waals surface area contributed by atoms with Gasteiger partial charge in [0.15, 0.2) is 5.69 Å². The summed E-state index contributed by atoms with van der Waals surface area (Å²) in [5.74, 6) is 0.464. The number of hydrogen-bond acceptors (Lipinski definition) is 5. The van der Waals surface area contributed by atoms with Gasteiger partial charge in [0, 0.05) is 0 Å². The first-order valence-corrected chi connectivity index (χ1v) is 6.45. The van der Waals surface area contributed by atoms with Crippen LogP contribution < -0.4 is 9.47 Å². The molecule has 0 bridgehead atoms. The Morgan fingerprint density at radius 1 is 1.21 bits per heavy atom. The number of allylic oxidation sites excluding steroid dienone is 2. The lowest BCUT2D eigenvalue weighted by atomic mass is 10.0. The zero-order chi connectivity index (χ0) is 13.7. The molecule has 0 spiro atoms. The molecule has 5 nitrogen and oxygen atoms in total. The number of ketones is 1. The lowest BCUT2D eigenvalue weighted by Crippen LogP contribution is -2.10. The molecule has 0 unspecified atom stereocenters. The van der Waals surface area contributed by atoms with Gasteiger partial charge in [-0.15, -0.1) is 0 Å². The highest BCUT2D eigenvalue weighted by Crippen LogP contribution is 2.24. The van der Waals surface area contributed by atoms with Crippen molar-refractivity contribution >= 4 is 5.78 Å². The van der Waals surface area contributed by atoms with Crippen LogP contribution in [0, 0.1) is 0 Å². The van der Waals surface area contributed by atoms with Crippen molar-refractivity contribution in [2.45, 2.75) is 32.1 Å². The van der Waals surface area contributed by atoms with Crippen LogP contribution in [0.15, 0.2) is 17.8 Å². The normalized spacial score (nSPS) is 15.4. The van der Waals surface area contributed by atoms with E-state index in [1.165, 1.54) is 26.8 Å². The second kappa shape index (κ2) is 6.31. The molecule has 0 saturated carbocycles. The SMILES string of the molecule is COc1cnc(C(=O)C2=CCCCCC2)c(OC)n1. The number of rotatable bonds is 4. The average molecular weight is 262 g/mol. The van der Waals surface area contributed by atoms with Gasteiger partial charge in [-0.1, -0.05) is 12.5 Å². The molecule has 1 aliphatic rings. The van der Waals surface area contributed by atoms with Gasteiger partial charge in [0.05, 0.1) is 20.4 Å². The van der Waals surface area contributed by atoms with Gasteiger partial charge in [-0.05, 0) is 31.3 Å². The highest BCUT2D eigenvalue weighted by molar-refractivity contribution is 6.08. The number of Topliss-reactive ketones (excluding diaryl/α,β-unsaturated/α-hetero) is 1. The van der Waals surface area contributed by atoms with Gasteiger partial charge in [-0.25, -0.2) is 4.98 Å². The first kappa shape index (κ1) is 13.5. The first-order valence-electron chi connectivity index (χ1n) is 6.45. The monoisotopic (exact) mass is 262 g/mol. The van der Waals surface area contributed by atoms with Crippen LogP contribution in [0.5, 0.6) is 11.8 Å². The van der Waals surface area contributed by atoms with Crippen molar-refractivity contribution in [1.29, 1.82) is 0 Å². The fourth-order valence-electron chi connectivity index (χ4n) is 2.13. The first-order chi connectivity index (χ1) is 9.26. The lowest BCUT2D eigenvalue weighted by molar-refractivity contribution is 0.102. The van der Waals surface area contributed by atoms with Crippen LogP contribution in [-0.4, -0.2) is 30.0 Å². The molecule has 0 amide bonds. The van der Waals surface area contributed by atoms with Crippen LogP contribution in [0.4, 0.5) is 0 Å². The van der Waals surface area contributed by atoms with Crippen LogP contribution in [0.2, 0.25) is 0 Å². The van der Waals surface area contributed by atoms with E-state index in [1.807, 2.05) is 6.08 Å². The van der Waals surface area contributed by atoms with Crippen molar-refractivity contribution < 1.29 is 14.3 Å². The fraction of sp³-hybridized carbons (Fsp3) is 0.500. The zero-order valence-corrected chi connectivity index (χ0v) is 11.3. The van der Waals surface area contributed by atoms with E-state index >= 15 is 0 Å². The highest BCUT2D eigenvalue weighted by atomic mass is 16.5.